The van der Waals surface area contributed by atoms with Crippen molar-refractivity contribution in [2.75, 3.05) is 0 Å². The van der Waals surface area contributed by atoms with Gasteiger partial charge in [0.2, 0.25) is 0 Å². The Labute approximate surface area is 358 Å². The van der Waals surface area contributed by atoms with Gasteiger partial charge in [0.1, 0.15) is 0 Å². The van der Waals surface area contributed by atoms with E-state index in [1.807, 2.05) is 36.4 Å². The first-order valence-electron chi connectivity index (χ1n) is 21.0. The van der Waals surface area contributed by atoms with E-state index in [2.05, 4.69) is 197 Å². The van der Waals surface area contributed by atoms with Crippen LogP contribution in [0.1, 0.15) is 0 Å². The zero-order chi connectivity index (χ0) is 41.0. The van der Waals surface area contributed by atoms with E-state index in [-0.39, 0.29) is 0 Å². The molecule has 9 aromatic carbocycles. The highest BCUT2D eigenvalue weighted by molar-refractivity contribution is 6.26. The van der Waals surface area contributed by atoms with E-state index in [9.17, 15) is 0 Å². The standard InChI is InChI=1S/C57H37N5/c1-6-20-38(21-7-1)46-37-52(47(39-22-8-2-9-23-39)36-48(46)57-59-55(40-24-10-3-11-25-40)58-56(60-57)41-26-12-4-13-27-41)62-49-32-18-16-30-43(49)44-34-35-51-53(54(44)62)45-31-17-19-33-50(45)61(51)42-28-14-5-15-29-42/h1-37H. The van der Waals surface area contributed by atoms with E-state index in [0.717, 1.165) is 66.9 Å². The predicted molar refractivity (Wildman–Crippen MR) is 256 cm³/mol. The Morgan fingerprint density at radius 2 is 0.758 bits per heavy atom. The molecule has 0 radical (unpaired) electrons. The third-order valence-electron chi connectivity index (χ3n) is 12.0. The topological polar surface area (TPSA) is 48.5 Å². The molecular weight excluding hydrogens is 755 g/mol. The first-order chi connectivity index (χ1) is 30.8. The number of hydrogen-bond acceptors (Lipinski definition) is 3. The number of aromatic nitrogens is 5. The molecule has 0 fully saturated rings. The van der Waals surface area contributed by atoms with Gasteiger partial charge in [-0.2, -0.15) is 0 Å². The van der Waals surface area contributed by atoms with Gasteiger partial charge in [0, 0.05) is 49.5 Å². The molecule has 0 amide bonds. The maximum Gasteiger partial charge on any atom is 0.164 e. The van der Waals surface area contributed by atoms with Gasteiger partial charge in [0.25, 0.3) is 0 Å². The van der Waals surface area contributed by atoms with E-state index in [1.165, 1.54) is 27.1 Å². The van der Waals surface area contributed by atoms with Crippen molar-refractivity contribution in [2.24, 2.45) is 0 Å². The van der Waals surface area contributed by atoms with Crippen LogP contribution in [0.5, 0.6) is 0 Å². The average molecular weight is 792 g/mol. The van der Waals surface area contributed by atoms with Gasteiger partial charge in [-0.3, -0.25) is 0 Å². The minimum atomic E-state index is 0.607. The van der Waals surface area contributed by atoms with Gasteiger partial charge in [-0.15, -0.1) is 0 Å². The van der Waals surface area contributed by atoms with Crippen LogP contribution >= 0.6 is 0 Å². The molecule has 62 heavy (non-hydrogen) atoms. The van der Waals surface area contributed by atoms with Crippen LogP contribution in [0.15, 0.2) is 224 Å². The summed E-state index contributed by atoms with van der Waals surface area (Å²) < 4.78 is 4.91. The summed E-state index contributed by atoms with van der Waals surface area (Å²) in [4.78, 5) is 15.6. The van der Waals surface area contributed by atoms with Gasteiger partial charge in [0.05, 0.1) is 27.8 Å². The molecule has 12 aromatic rings. The van der Waals surface area contributed by atoms with Gasteiger partial charge in [0.15, 0.2) is 17.5 Å². The second kappa shape index (κ2) is 14.7. The summed E-state index contributed by atoms with van der Waals surface area (Å²) in [5.74, 6) is 1.85. The molecule has 5 heteroatoms. The zero-order valence-corrected chi connectivity index (χ0v) is 33.6. The van der Waals surface area contributed by atoms with Crippen molar-refractivity contribution in [3.63, 3.8) is 0 Å². The van der Waals surface area contributed by atoms with Crippen LogP contribution in [0.3, 0.4) is 0 Å². The lowest BCUT2D eigenvalue weighted by Crippen LogP contribution is -2.04. The lowest BCUT2D eigenvalue weighted by molar-refractivity contribution is 1.07. The zero-order valence-electron chi connectivity index (χ0n) is 33.6. The van der Waals surface area contributed by atoms with Gasteiger partial charge in [-0.1, -0.05) is 182 Å². The Morgan fingerprint density at radius 1 is 0.290 bits per heavy atom. The van der Waals surface area contributed by atoms with Gasteiger partial charge in [-0.25, -0.2) is 15.0 Å². The first kappa shape index (κ1) is 35.5. The molecule has 0 spiro atoms. The van der Waals surface area contributed by atoms with Crippen molar-refractivity contribution in [3.05, 3.63) is 224 Å². The molecule has 3 heterocycles. The summed E-state index contributed by atoms with van der Waals surface area (Å²) in [6.45, 7) is 0. The van der Waals surface area contributed by atoms with Gasteiger partial charge >= 0.3 is 0 Å². The van der Waals surface area contributed by atoms with Crippen LogP contribution in [0.2, 0.25) is 0 Å². The molecule has 0 aliphatic heterocycles. The fraction of sp³-hybridized carbons (Fsp3) is 0. The Kier molecular flexibility index (Phi) is 8.42. The van der Waals surface area contributed by atoms with Crippen LogP contribution in [0.4, 0.5) is 0 Å². The smallest absolute Gasteiger partial charge is 0.164 e. The van der Waals surface area contributed by atoms with E-state index in [0.29, 0.717) is 17.5 Å². The third-order valence-corrected chi connectivity index (χ3v) is 12.0. The van der Waals surface area contributed by atoms with Crippen LogP contribution < -0.4 is 0 Å². The van der Waals surface area contributed by atoms with E-state index >= 15 is 0 Å². The number of nitrogens with zero attached hydrogens (tertiary/aromatic N) is 5. The molecule has 0 aliphatic carbocycles. The second-order valence-corrected chi connectivity index (χ2v) is 15.6. The number of benzene rings is 9. The largest absolute Gasteiger partial charge is 0.309 e. The Bertz CT molecular complexity index is 3540. The number of fused-ring (bicyclic) bond motifs is 7. The van der Waals surface area contributed by atoms with Crippen molar-refractivity contribution >= 4 is 43.6 Å². The molecule has 0 unspecified atom stereocenters. The molecule has 3 aromatic heterocycles. The molecular formula is C57H37N5. The van der Waals surface area contributed by atoms with E-state index in [4.69, 9.17) is 15.0 Å². The normalized spacial score (nSPS) is 11.5. The molecule has 5 nitrogen and oxygen atoms in total. The van der Waals surface area contributed by atoms with Crippen molar-refractivity contribution in [2.45, 2.75) is 0 Å². The monoisotopic (exact) mass is 791 g/mol. The van der Waals surface area contributed by atoms with Gasteiger partial charge < -0.3 is 9.13 Å². The van der Waals surface area contributed by atoms with Crippen molar-refractivity contribution in [1.82, 2.24) is 24.1 Å². The van der Waals surface area contributed by atoms with Gasteiger partial charge in [-0.05, 0) is 59.2 Å². The summed E-state index contributed by atoms with van der Waals surface area (Å²) in [6, 6.07) is 79.3. The number of rotatable bonds is 7. The minimum absolute atomic E-state index is 0.607. The van der Waals surface area contributed by atoms with Crippen LogP contribution in [-0.2, 0) is 0 Å². The molecule has 0 aliphatic rings. The number of para-hydroxylation sites is 3. The van der Waals surface area contributed by atoms with Crippen molar-refractivity contribution in [1.29, 1.82) is 0 Å². The third kappa shape index (κ3) is 5.82. The Balaban J connectivity index is 1.23. The Morgan fingerprint density at radius 3 is 1.35 bits per heavy atom. The maximum absolute atomic E-state index is 5.29. The molecule has 0 saturated carbocycles. The highest BCUT2D eigenvalue weighted by atomic mass is 15.0. The molecule has 0 atom stereocenters. The SMILES string of the molecule is c1ccc(-c2nc(-c3ccccc3)nc(-c3cc(-c4ccccc4)c(-n4c5ccccc5c5ccc6c(c7ccccc7n6-c6ccccc6)c54)cc3-c3ccccc3)n2)cc1. The fourth-order valence-corrected chi connectivity index (χ4v) is 9.21. The maximum atomic E-state index is 5.29. The van der Waals surface area contributed by atoms with Crippen molar-refractivity contribution in [3.8, 4) is 67.8 Å². The quantitative estimate of drug-likeness (QED) is 0.162. The summed E-state index contributed by atoms with van der Waals surface area (Å²) in [7, 11) is 0. The highest BCUT2D eigenvalue weighted by Crippen LogP contribution is 2.46. The summed E-state index contributed by atoms with van der Waals surface area (Å²) in [6.07, 6.45) is 0. The van der Waals surface area contributed by atoms with E-state index < -0.39 is 0 Å². The molecule has 12 rings (SSSR count). The highest BCUT2D eigenvalue weighted by Gasteiger charge is 2.25. The Hall–Kier alpha value is -8.41. The first-order valence-corrected chi connectivity index (χ1v) is 21.0. The predicted octanol–water partition coefficient (Wildman–Crippen LogP) is 14.4. The summed E-state index contributed by atoms with van der Waals surface area (Å²) >= 11 is 0. The van der Waals surface area contributed by atoms with Crippen LogP contribution in [0, 0.1) is 0 Å². The summed E-state index contributed by atoms with van der Waals surface area (Å²) in [5.41, 5.74) is 13.8. The molecule has 0 N–H and O–H groups in total. The lowest BCUT2D eigenvalue weighted by atomic mass is 9.92. The lowest BCUT2D eigenvalue weighted by Gasteiger charge is -2.20. The fourth-order valence-electron chi connectivity index (χ4n) is 9.21. The second-order valence-electron chi connectivity index (χ2n) is 15.6. The van der Waals surface area contributed by atoms with Crippen LogP contribution in [-0.4, -0.2) is 24.1 Å². The molecule has 0 bridgehead atoms. The molecule has 0 saturated heterocycles. The molecule has 290 valence electrons. The average Bonchev–Trinajstić information content (AvgIpc) is 3.88. The number of hydrogen-bond donors (Lipinski definition) is 0. The van der Waals surface area contributed by atoms with E-state index in [1.54, 1.807) is 0 Å². The van der Waals surface area contributed by atoms with Crippen molar-refractivity contribution < 1.29 is 0 Å². The van der Waals surface area contributed by atoms with Crippen LogP contribution in [0.25, 0.3) is 111 Å². The minimum Gasteiger partial charge on any atom is -0.309 e. The summed E-state index contributed by atoms with van der Waals surface area (Å²) in [5, 5.41) is 4.81.